The van der Waals surface area contributed by atoms with Crippen LogP contribution in [0.3, 0.4) is 0 Å². The number of rotatable bonds is 59. The molecule has 0 aromatic heterocycles. The number of carbonyl (C=O) groups is 20. The number of thioether (sulfide) groups is 1. The molecule has 139 heavy (non-hydrogen) atoms. The maximum absolute atomic E-state index is 14.7. The van der Waals surface area contributed by atoms with E-state index in [1.165, 1.54) is 67.6 Å². The molecule has 1 aliphatic rings. The highest BCUT2D eigenvalue weighted by Gasteiger charge is 2.41. The summed E-state index contributed by atoms with van der Waals surface area (Å²) in [6, 6.07) is 5.59. The molecular weight excluding hydrogens is 1840 g/mol. The summed E-state index contributed by atoms with van der Waals surface area (Å²) in [5.74, 6) is -25.0. The van der Waals surface area contributed by atoms with Gasteiger partial charge in [0.25, 0.3) is 11.8 Å². The minimum atomic E-state index is -2.24. The fourth-order valence-corrected chi connectivity index (χ4v) is 15.1. The minimum absolute atomic E-state index is 0.0825. The molecule has 26 N–H and O–H groups in total. The maximum atomic E-state index is 14.7. The van der Waals surface area contributed by atoms with Crippen molar-refractivity contribution in [2.24, 2.45) is 17.6 Å². The largest absolute Gasteiger partial charge is 0.508 e. The van der Waals surface area contributed by atoms with Crippen molar-refractivity contribution in [2.75, 3.05) is 50.9 Å². The number of hydrogen-bond donors (Lipinski definition) is 25. The van der Waals surface area contributed by atoms with Gasteiger partial charge in [-0.2, -0.15) is 0 Å². The van der Waals surface area contributed by atoms with Gasteiger partial charge in [0.1, 0.15) is 84.0 Å². The predicted molar refractivity (Wildman–Crippen MR) is 498 cm³/mol. The van der Waals surface area contributed by atoms with E-state index in [0.717, 1.165) is 30.5 Å². The number of carboxylic acids is 3. The second kappa shape index (κ2) is 56.4. The average molecular weight is 1960 g/mol. The van der Waals surface area contributed by atoms with Gasteiger partial charge in [-0.3, -0.25) is 101 Å². The first kappa shape index (κ1) is 113. The highest BCUT2D eigenvalue weighted by atomic mass is 32.2. The number of hydrogen-bond acceptors (Lipinski definition) is 28. The lowest BCUT2D eigenvalue weighted by atomic mass is 9.94. The second-order valence-corrected chi connectivity index (χ2v) is 34.8. The van der Waals surface area contributed by atoms with Gasteiger partial charge >= 0.3 is 17.9 Å². The van der Waals surface area contributed by atoms with Crippen molar-refractivity contribution < 1.29 is 142 Å². The van der Waals surface area contributed by atoms with E-state index < -0.39 is 279 Å². The number of phenolic OH excluding ortho intramolecular Hbond substituents is 2. The summed E-state index contributed by atoms with van der Waals surface area (Å²) in [4.78, 5) is 274. The highest BCUT2D eigenvalue weighted by molar-refractivity contribution is 8.00. The van der Waals surface area contributed by atoms with Crippen molar-refractivity contribution >= 4 is 141 Å². The van der Waals surface area contributed by atoms with Crippen LogP contribution < -0.4 is 85.5 Å². The van der Waals surface area contributed by atoms with Crippen LogP contribution in [-0.4, -0.2) is 311 Å². The van der Waals surface area contributed by atoms with Gasteiger partial charge < -0.3 is 131 Å². The summed E-state index contributed by atoms with van der Waals surface area (Å²) in [6.45, 7) is 6.80. The van der Waals surface area contributed by atoms with Crippen molar-refractivity contribution in [3.05, 3.63) is 143 Å². The molecule has 17 amide bonds. The number of nitrogens with two attached hydrogens (primary N) is 1. The van der Waals surface area contributed by atoms with Gasteiger partial charge in [-0.1, -0.05) is 119 Å². The van der Waals surface area contributed by atoms with E-state index >= 15 is 0 Å². The molecule has 5 unspecified atom stereocenters. The van der Waals surface area contributed by atoms with Gasteiger partial charge in [-0.05, 0) is 123 Å². The molecule has 1 aliphatic heterocycles. The Hall–Kier alpha value is -14.3. The number of nitrogens with one attached hydrogen (secondary N) is 15. The number of nitrogens with zero attached hydrogens (tertiary/aromatic N) is 1. The molecular formula is C92H123N17O29S. The Balaban J connectivity index is 1.11. The lowest BCUT2D eigenvalue weighted by molar-refractivity contribution is -0.142. The number of aromatic hydroxyl groups is 2. The molecule has 5 aromatic rings. The molecule has 756 valence electrons. The number of carbonyl (C=O) groups excluding carboxylic acids is 17. The molecule has 47 heteroatoms. The zero-order valence-corrected chi connectivity index (χ0v) is 78.4. The molecule has 16 atom stereocenters. The van der Waals surface area contributed by atoms with Gasteiger partial charge in [0.2, 0.25) is 88.6 Å². The monoisotopic (exact) mass is 1960 g/mol. The third-order valence-corrected chi connectivity index (χ3v) is 23.0. The van der Waals surface area contributed by atoms with Crippen molar-refractivity contribution in [1.82, 2.24) is 84.7 Å². The summed E-state index contributed by atoms with van der Waals surface area (Å²) < 4.78 is 0. The van der Waals surface area contributed by atoms with Crippen LogP contribution in [0.2, 0.25) is 0 Å². The first-order valence-electron chi connectivity index (χ1n) is 44.8. The van der Waals surface area contributed by atoms with Crippen LogP contribution in [0.1, 0.15) is 144 Å². The van der Waals surface area contributed by atoms with Crippen molar-refractivity contribution in [2.45, 2.75) is 216 Å². The van der Waals surface area contributed by atoms with Crippen molar-refractivity contribution in [3.63, 3.8) is 0 Å². The summed E-state index contributed by atoms with van der Waals surface area (Å²) in [7, 11) is 0. The van der Waals surface area contributed by atoms with E-state index in [9.17, 15) is 142 Å². The molecule has 6 rings (SSSR count). The molecule has 0 fully saturated rings. The zero-order valence-electron chi connectivity index (χ0n) is 77.5. The Morgan fingerprint density at radius 1 is 0.396 bits per heavy atom. The Morgan fingerprint density at radius 2 is 0.806 bits per heavy atom. The molecule has 0 spiro atoms. The summed E-state index contributed by atoms with van der Waals surface area (Å²) >= 11 is 0.786. The van der Waals surface area contributed by atoms with Crippen LogP contribution in [0.5, 0.6) is 11.5 Å². The molecule has 0 saturated heterocycles. The van der Waals surface area contributed by atoms with Gasteiger partial charge in [0.15, 0.2) is 0 Å². The molecule has 0 aliphatic carbocycles. The first-order chi connectivity index (χ1) is 65.8. The Morgan fingerprint density at radius 3 is 1.28 bits per heavy atom. The number of unbranched alkanes of at least 4 members (excludes halogenated alkanes) is 1. The van der Waals surface area contributed by atoms with Crippen LogP contribution >= 0.6 is 11.8 Å². The van der Waals surface area contributed by atoms with Crippen molar-refractivity contribution in [3.8, 4) is 11.5 Å². The number of phenols is 2. The topological polar surface area (TPSA) is 733 Å². The lowest BCUT2D eigenvalue weighted by Gasteiger charge is -2.30. The maximum Gasteiger partial charge on any atom is 0.305 e. The summed E-state index contributed by atoms with van der Waals surface area (Å²) in [5, 5.41) is 130. The minimum Gasteiger partial charge on any atom is -0.508 e. The highest BCUT2D eigenvalue weighted by Crippen LogP contribution is 2.30. The summed E-state index contributed by atoms with van der Waals surface area (Å²) in [5.41, 5.74) is 7.11. The predicted octanol–water partition coefficient (Wildman–Crippen LogP) is -4.36. The van der Waals surface area contributed by atoms with E-state index in [4.69, 9.17) is 5.73 Å². The van der Waals surface area contributed by atoms with Crippen LogP contribution in [0.4, 0.5) is 0 Å². The Labute approximate surface area is 802 Å². The van der Waals surface area contributed by atoms with E-state index in [1.54, 1.807) is 82.3 Å². The smallest absolute Gasteiger partial charge is 0.305 e. The third kappa shape index (κ3) is 36.9. The average Bonchev–Trinajstić information content (AvgIpc) is 0.747. The second-order valence-electron chi connectivity index (χ2n) is 33.8. The van der Waals surface area contributed by atoms with E-state index in [0.29, 0.717) is 58.8 Å². The van der Waals surface area contributed by atoms with Gasteiger partial charge in [-0.15, -0.1) is 11.8 Å². The quantitative estimate of drug-likeness (QED) is 0.0129. The Kier molecular flexibility index (Phi) is 46.0. The third-order valence-electron chi connectivity index (χ3n) is 22.0. The SMILES string of the molecule is CC[C@H](C)[C@@H](NC(=O)C(CO)NC(=O)C(Cc1ccc(O)cc1)NC(=O)[C@H](CC(=O)O)NC(=O)C(CO)NC(=O)[C@@H](NC(=O)C(Cc1ccccc1)NC(=O)[C@@H](NC(=O)CNC(=O)[C@H](CCC(=O)O)NC(=O)CSCC(=O)NCCN1C(=O)c2cccc3cccc(c23)C1=O)[C@@H](C)O)[C@@H](C)O)C(=O)N[C@@H](Cc1ccc(O)cc1)C(=O)NC(CC(C)C)C(=O)N[C@@H](CC(=O)O)C(=O)N[C@H](C)CCCCN. The fraction of sp³-hybridized carbons (Fsp3) is 0.478. The van der Waals surface area contributed by atoms with Crippen molar-refractivity contribution in [1.29, 1.82) is 0 Å². The van der Waals surface area contributed by atoms with Gasteiger partial charge in [0.05, 0.1) is 56.3 Å². The molecule has 0 saturated carbocycles. The molecule has 1 heterocycles. The zero-order chi connectivity index (χ0) is 103. The molecule has 0 radical (unpaired) electrons. The number of benzene rings is 5. The normalized spacial score (nSPS) is 15.1. The summed E-state index contributed by atoms with van der Waals surface area (Å²) in [6.07, 6.45) is -6.52. The van der Waals surface area contributed by atoms with E-state index in [-0.39, 0.29) is 61.1 Å². The number of aliphatic hydroxyl groups excluding tert-OH is 4. The van der Waals surface area contributed by atoms with E-state index in [1.807, 2.05) is 0 Å². The lowest BCUT2D eigenvalue weighted by Crippen LogP contribution is -2.63. The molecule has 5 aromatic carbocycles. The number of carboxylic acid groups (broad SMARTS) is 3. The van der Waals surface area contributed by atoms with Crippen LogP contribution in [0.25, 0.3) is 10.8 Å². The number of imide groups is 1. The standard InChI is InChI=1S/C92H123N17O29S/c1-8-48(4)76(88(134)102-63(39-54-25-29-57(115)30-26-54)82(128)98-61(36-47(2)3)81(127)100-65(40-73(121)122)80(126)96-49(5)16-12-13-33-93)107-87(133)68(44-111)104-83(129)62(38-53-23-27-56(114)28-24-53)99-84(130)66(41-74(123)124)101-86(132)67(43-110)105-90(136)78(51(7)113)108-85(131)64(37-52-17-10-9-11-18-52)103-89(135)77(50(6)112)106-69(116)42-95-79(125)60(31-32-72(119)120)97-71(118)46-139-45-70(117)94-34-35-109-91(137)58-21-14-19-55-20-15-22-59(75(55)58)92(109)138/h9-11,14-15,17-30,47-51,60-68,76-78,110-115H,8,12-13,16,31-46,93H2,1-7H3,(H,94,117)(H,95,125)(H,96,126)(H,97,118)(H,98,128)(H,99,130)(H,100,127)(H,101,132)(H,102,134)(H,103,135)(H,104,129)(H,105,136)(H,106,116)(H,107,133)(H,108,131)(H,119,120)(H,121,122)(H,123,124)/t48-,49+,50+,51+,60-,61?,62?,63-,64?,65-,66-,67?,68?,76+,77-,78-/m0/s1. The first-order valence-corrected chi connectivity index (χ1v) is 46.0. The van der Waals surface area contributed by atoms with E-state index in [2.05, 4.69) is 79.8 Å². The Bertz CT molecular complexity index is 5120. The number of aliphatic hydroxyl groups is 4. The molecule has 46 nitrogen and oxygen atoms in total. The van der Waals surface area contributed by atoms with Crippen LogP contribution in [-0.2, 0) is 106 Å². The number of amides is 17. The fourth-order valence-electron chi connectivity index (χ4n) is 14.4. The van der Waals surface area contributed by atoms with Crippen LogP contribution in [0.15, 0.2) is 115 Å². The molecule has 0 bridgehead atoms. The van der Waals surface area contributed by atoms with Gasteiger partial charge in [0, 0.05) is 61.3 Å². The number of aliphatic carboxylic acids is 3. The van der Waals surface area contributed by atoms with Gasteiger partial charge in [-0.25, -0.2) is 0 Å². The van der Waals surface area contributed by atoms with Crippen LogP contribution in [0, 0.1) is 11.8 Å².